The van der Waals surface area contributed by atoms with Crippen LogP contribution in [0.4, 0.5) is 13.2 Å². The minimum absolute atomic E-state index is 0.0750. The zero-order chi connectivity index (χ0) is 30.6. The summed E-state index contributed by atoms with van der Waals surface area (Å²) < 4.78 is 50.1. The van der Waals surface area contributed by atoms with Gasteiger partial charge in [-0.05, 0) is 71.6 Å². The van der Waals surface area contributed by atoms with Crippen molar-refractivity contribution in [3.05, 3.63) is 82.5 Å². The van der Waals surface area contributed by atoms with Crippen LogP contribution in [0.15, 0.2) is 60.8 Å². The Kier molecular flexibility index (Phi) is 9.83. The fourth-order valence-electron chi connectivity index (χ4n) is 5.69. The summed E-state index contributed by atoms with van der Waals surface area (Å²) in [5.41, 5.74) is 17.4. The maximum Gasteiger partial charge on any atom is 0.573 e. The molecule has 1 fully saturated rings. The number of piperazine rings is 1. The highest BCUT2D eigenvalue weighted by Crippen LogP contribution is 2.36. The number of aromatic nitrogens is 1. The minimum atomic E-state index is -4.77. The third kappa shape index (κ3) is 7.63. The van der Waals surface area contributed by atoms with E-state index in [0.717, 1.165) is 85.6 Å². The van der Waals surface area contributed by atoms with E-state index >= 15 is 0 Å². The molecule has 0 amide bonds. The predicted octanol–water partition coefficient (Wildman–Crippen LogP) is 5.99. The molecule has 7 nitrogen and oxygen atoms in total. The summed E-state index contributed by atoms with van der Waals surface area (Å²) in [6.07, 6.45) is -1.92. The van der Waals surface area contributed by atoms with Crippen LogP contribution in [0, 0.1) is 0 Å². The average molecular weight is 616 g/mol. The van der Waals surface area contributed by atoms with Crippen molar-refractivity contribution in [1.82, 2.24) is 14.4 Å². The van der Waals surface area contributed by atoms with Gasteiger partial charge in [-0.2, -0.15) is 0 Å². The molecule has 5 rings (SSSR count). The molecule has 0 atom stereocenters. The van der Waals surface area contributed by atoms with E-state index in [0.29, 0.717) is 17.1 Å². The standard InChI is InChI=1S/C32H37ClF3N5O2/c1-42-25-5-4-23(30(33)17-25)20-40-13-11-39(12-14-40)19-22-3-8-31-28(15-22)29(21-41(31)10-2-9-37)27-7-6-26(16-24(27)18-38)43-32(34,35)36/h3-8,15-17,21H,2,9-14,18-20,37-38H2,1H3. The number of hydrogen-bond acceptors (Lipinski definition) is 6. The molecule has 4 N–H and O–H groups in total. The topological polar surface area (TPSA) is 81.9 Å². The van der Waals surface area contributed by atoms with Gasteiger partial charge in [-0.15, -0.1) is 13.2 Å². The summed E-state index contributed by atoms with van der Waals surface area (Å²) in [5.74, 6) is 0.470. The maximum atomic E-state index is 12.8. The summed E-state index contributed by atoms with van der Waals surface area (Å²) in [6.45, 7) is 6.66. The molecular weight excluding hydrogens is 579 g/mol. The Morgan fingerprint density at radius 3 is 2.21 bits per heavy atom. The highest BCUT2D eigenvalue weighted by atomic mass is 35.5. The van der Waals surface area contributed by atoms with Gasteiger partial charge in [0.2, 0.25) is 0 Å². The van der Waals surface area contributed by atoms with E-state index < -0.39 is 6.36 Å². The van der Waals surface area contributed by atoms with Crippen molar-refractivity contribution in [2.75, 3.05) is 39.8 Å². The van der Waals surface area contributed by atoms with Crippen molar-refractivity contribution in [2.24, 2.45) is 11.5 Å². The van der Waals surface area contributed by atoms with Gasteiger partial charge in [0.25, 0.3) is 0 Å². The molecule has 4 aromatic rings. The van der Waals surface area contributed by atoms with E-state index in [1.807, 2.05) is 24.4 Å². The molecule has 0 bridgehead atoms. The van der Waals surface area contributed by atoms with Crippen LogP contribution in [-0.4, -0.2) is 60.6 Å². The van der Waals surface area contributed by atoms with E-state index in [4.69, 9.17) is 27.8 Å². The van der Waals surface area contributed by atoms with Gasteiger partial charge >= 0.3 is 6.36 Å². The summed E-state index contributed by atoms with van der Waals surface area (Å²) in [4.78, 5) is 4.84. The molecule has 1 aliphatic rings. The van der Waals surface area contributed by atoms with E-state index in [2.05, 4.69) is 37.3 Å². The zero-order valence-corrected chi connectivity index (χ0v) is 24.9. The van der Waals surface area contributed by atoms with Gasteiger partial charge in [-0.25, -0.2) is 0 Å². The lowest BCUT2D eigenvalue weighted by atomic mass is 9.98. The Morgan fingerprint density at radius 1 is 0.837 bits per heavy atom. The van der Waals surface area contributed by atoms with Crippen molar-refractivity contribution < 1.29 is 22.6 Å². The first-order chi connectivity index (χ1) is 20.7. The number of halogens is 4. The van der Waals surface area contributed by atoms with Crippen LogP contribution in [0.25, 0.3) is 22.0 Å². The largest absolute Gasteiger partial charge is 0.573 e. The summed E-state index contributed by atoms with van der Waals surface area (Å²) in [5, 5.41) is 1.74. The van der Waals surface area contributed by atoms with Crippen molar-refractivity contribution in [3.63, 3.8) is 0 Å². The van der Waals surface area contributed by atoms with Crippen LogP contribution >= 0.6 is 11.6 Å². The molecule has 3 aromatic carbocycles. The van der Waals surface area contributed by atoms with Crippen molar-refractivity contribution in [1.29, 1.82) is 0 Å². The number of hydrogen-bond donors (Lipinski definition) is 2. The van der Waals surface area contributed by atoms with Crippen molar-refractivity contribution in [2.45, 2.75) is 39.0 Å². The van der Waals surface area contributed by atoms with Crippen LogP contribution < -0.4 is 20.9 Å². The van der Waals surface area contributed by atoms with E-state index in [-0.39, 0.29) is 12.3 Å². The number of benzene rings is 3. The lowest BCUT2D eigenvalue weighted by Crippen LogP contribution is -2.45. The second kappa shape index (κ2) is 13.6. The molecule has 230 valence electrons. The Labute approximate surface area is 254 Å². The fraction of sp³-hybridized carbons (Fsp3) is 0.375. The number of nitrogens with zero attached hydrogens (tertiary/aromatic N) is 3. The Balaban J connectivity index is 1.34. The molecule has 0 saturated carbocycles. The molecular formula is C32H37ClF3N5O2. The fourth-order valence-corrected chi connectivity index (χ4v) is 5.92. The summed E-state index contributed by atoms with van der Waals surface area (Å²) >= 11 is 6.47. The number of nitrogens with two attached hydrogens (primary N) is 2. The van der Waals surface area contributed by atoms with Crippen LogP contribution in [0.5, 0.6) is 11.5 Å². The minimum Gasteiger partial charge on any atom is -0.497 e. The number of alkyl halides is 3. The average Bonchev–Trinajstić information content (AvgIpc) is 3.34. The van der Waals surface area contributed by atoms with Gasteiger partial charge in [-0.3, -0.25) is 9.80 Å². The highest BCUT2D eigenvalue weighted by molar-refractivity contribution is 6.31. The summed E-state index contributed by atoms with van der Waals surface area (Å²) in [6, 6.07) is 16.6. The Bertz CT molecular complexity index is 1550. The quantitative estimate of drug-likeness (QED) is 0.216. The van der Waals surface area contributed by atoms with Gasteiger partial charge in [0.1, 0.15) is 11.5 Å². The van der Waals surface area contributed by atoms with E-state index in [1.165, 1.54) is 17.7 Å². The van der Waals surface area contributed by atoms with Crippen LogP contribution in [0.1, 0.15) is 23.1 Å². The van der Waals surface area contributed by atoms with E-state index in [9.17, 15) is 13.2 Å². The van der Waals surface area contributed by atoms with Gasteiger partial charge < -0.3 is 25.5 Å². The SMILES string of the molecule is COc1ccc(CN2CCN(Cc3ccc4c(c3)c(-c3ccc(OC(F)(F)F)cc3CN)cn4CCCN)CC2)c(Cl)c1. The highest BCUT2D eigenvalue weighted by Gasteiger charge is 2.31. The third-order valence-electron chi connectivity index (χ3n) is 7.89. The van der Waals surface area contributed by atoms with Gasteiger partial charge in [-0.1, -0.05) is 29.8 Å². The number of rotatable bonds is 11. The first-order valence-corrected chi connectivity index (χ1v) is 14.7. The molecule has 1 aromatic heterocycles. The molecule has 0 unspecified atom stereocenters. The normalized spacial score (nSPS) is 14.9. The van der Waals surface area contributed by atoms with Crippen LogP contribution in [0.2, 0.25) is 5.02 Å². The number of aryl methyl sites for hydroxylation is 1. The lowest BCUT2D eigenvalue weighted by Gasteiger charge is -2.35. The second-order valence-electron chi connectivity index (χ2n) is 10.8. The van der Waals surface area contributed by atoms with Crippen molar-refractivity contribution in [3.8, 4) is 22.6 Å². The van der Waals surface area contributed by atoms with Gasteiger partial charge in [0.05, 0.1) is 7.11 Å². The smallest absolute Gasteiger partial charge is 0.497 e. The first kappa shape index (κ1) is 31.2. The number of ether oxygens (including phenoxy) is 2. The molecule has 1 aliphatic heterocycles. The van der Waals surface area contributed by atoms with Gasteiger partial charge in [0, 0.05) is 80.0 Å². The molecule has 0 radical (unpaired) electrons. The Hall–Kier alpha value is -3.28. The monoisotopic (exact) mass is 615 g/mol. The first-order valence-electron chi connectivity index (χ1n) is 14.4. The van der Waals surface area contributed by atoms with Gasteiger partial charge in [0.15, 0.2) is 0 Å². The second-order valence-corrected chi connectivity index (χ2v) is 11.2. The molecule has 0 aliphatic carbocycles. The third-order valence-corrected chi connectivity index (χ3v) is 8.25. The lowest BCUT2D eigenvalue weighted by molar-refractivity contribution is -0.274. The zero-order valence-electron chi connectivity index (χ0n) is 24.2. The van der Waals surface area contributed by atoms with Crippen LogP contribution in [0.3, 0.4) is 0 Å². The van der Waals surface area contributed by atoms with E-state index in [1.54, 1.807) is 13.2 Å². The molecule has 0 spiro atoms. The molecule has 1 saturated heterocycles. The van der Waals surface area contributed by atoms with Crippen LogP contribution in [-0.2, 0) is 26.2 Å². The molecule has 11 heteroatoms. The maximum absolute atomic E-state index is 12.8. The molecule has 43 heavy (non-hydrogen) atoms. The predicted molar refractivity (Wildman–Crippen MR) is 164 cm³/mol. The molecule has 2 heterocycles. The summed E-state index contributed by atoms with van der Waals surface area (Å²) in [7, 11) is 1.63. The number of methoxy groups -OCH3 is 1. The van der Waals surface area contributed by atoms with Crippen molar-refractivity contribution >= 4 is 22.5 Å². The Morgan fingerprint density at radius 2 is 1.56 bits per heavy atom. The number of fused-ring (bicyclic) bond motifs is 1.